The molecule has 0 spiro atoms. The molecule has 132 valence electrons. The minimum atomic E-state index is -0.351. The number of nitrogens with one attached hydrogen (secondary N) is 2. The second-order valence-electron chi connectivity index (χ2n) is 6.29. The van der Waals surface area contributed by atoms with Gasteiger partial charge in [-0.3, -0.25) is 9.59 Å². The van der Waals surface area contributed by atoms with Crippen molar-refractivity contribution >= 4 is 11.8 Å². The Kier molecular flexibility index (Phi) is 6.69. The van der Waals surface area contributed by atoms with E-state index in [0.29, 0.717) is 29.2 Å². The number of carbonyl (C=O) groups is 2. The summed E-state index contributed by atoms with van der Waals surface area (Å²) in [5, 5.41) is 5.52. The Balaban J connectivity index is 1.89. The molecule has 0 fully saturated rings. The normalized spacial score (nSPS) is 10.6. The van der Waals surface area contributed by atoms with Gasteiger partial charge in [-0.15, -0.1) is 0 Å². The fourth-order valence-corrected chi connectivity index (χ4v) is 2.27. The molecule has 0 saturated heterocycles. The van der Waals surface area contributed by atoms with Crippen LogP contribution in [0.15, 0.2) is 48.5 Å². The van der Waals surface area contributed by atoms with Gasteiger partial charge in [-0.1, -0.05) is 32.0 Å². The molecule has 0 saturated carbocycles. The van der Waals surface area contributed by atoms with Gasteiger partial charge in [0.25, 0.3) is 11.8 Å². The van der Waals surface area contributed by atoms with E-state index in [-0.39, 0.29) is 24.2 Å². The van der Waals surface area contributed by atoms with Crippen LogP contribution in [0.1, 0.15) is 46.5 Å². The van der Waals surface area contributed by atoms with Crippen molar-refractivity contribution in [1.29, 1.82) is 0 Å². The summed E-state index contributed by atoms with van der Waals surface area (Å²) >= 11 is 0. The smallest absolute Gasteiger partial charge is 0.251 e. The zero-order valence-electron chi connectivity index (χ0n) is 14.5. The van der Waals surface area contributed by atoms with Gasteiger partial charge in [0, 0.05) is 29.8 Å². The Morgan fingerprint density at radius 2 is 1.48 bits per heavy atom. The molecule has 0 heterocycles. The van der Waals surface area contributed by atoms with Crippen LogP contribution in [0, 0.1) is 11.7 Å². The minimum Gasteiger partial charge on any atom is -0.352 e. The molecule has 25 heavy (non-hydrogen) atoms. The van der Waals surface area contributed by atoms with Crippen LogP contribution in [0.5, 0.6) is 0 Å². The molecule has 5 heteroatoms. The van der Waals surface area contributed by atoms with Gasteiger partial charge in [-0.05, 0) is 42.7 Å². The Morgan fingerprint density at radius 3 is 2.04 bits per heavy atom. The molecule has 0 atom stereocenters. The van der Waals surface area contributed by atoms with Crippen molar-refractivity contribution in [3.05, 3.63) is 71.0 Å². The summed E-state index contributed by atoms with van der Waals surface area (Å²) in [4.78, 5) is 24.1. The van der Waals surface area contributed by atoms with Gasteiger partial charge in [0.05, 0.1) is 0 Å². The van der Waals surface area contributed by atoms with E-state index in [4.69, 9.17) is 0 Å². The fraction of sp³-hybridized carbons (Fsp3) is 0.300. The second kappa shape index (κ2) is 8.97. The number of carbonyl (C=O) groups excluding carboxylic acids is 2. The lowest BCUT2D eigenvalue weighted by Gasteiger charge is -2.09. The van der Waals surface area contributed by atoms with Gasteiger partial charge in [-0.25, -0.2) is 4.39 Å². The fourth-order valence-electron chi connectivity index (χ4n) is 2.27. The molecule has 2 aromatic rings. The van der Waals surface area contributed by atoms with Gasteiger partial charge < -0.3 is 10.6 Å². The summed E-state index contributed by atoms with van der Waals surface area (Å²) in [5.41, 5.74) is 1.36. The van der Waals surface area contributed by atoms with E-state index in [0.717, 1.165) is 6.42 Å². The standard InChI is InChI=1S/C20H23FN2O2/c1-14(2)11-12-22-19(24)15-7-9-16(10-8-15)20(25)23-13-17-5-3-4-6-18(17)21/h3-10,14H,11-13H2,1-2H3,(H,22,24)(H,23,25). The number of amides is 2. The van der Waals surface area contributed by atoms with Gasteiger partial charge >= 0.3 is 0 Å². The highest BCUT2D eigenvalue weighted by molar-refractivity contribution is 5.97. The first kappa shape index (κ1) is 18.6. The molecule has 0 unspecified atom stereocenters. The highest BCUT2D eigenvalue weighted by Crippen LogP contribution is 2.08. The number of benzene rings is 2. The van der Waals surface area contributed by atoms with Gasteiger partial charge in [0.15, 0.2) is 0 Å². The maximum absolute atomic E-state index is 13.5. The molecular formula is C20H23FN2O2. The third-order valence-corrected chi connectivity index (χ3v) is 3.81. The summed E-state index contributed by atoms with van der Waals surface area (Å²) in [6.07, 6.45) is 0.919. The summed E-state index contributed by atoms with van der Waals surface area (Å²) in [5.74, 6) is -0.286. The number of halogens is 1. The zero-order valence-corrected chi connectivity index (χ0v) is 14.5. The van der Waals surface area contributed by atoms with Gasteiger partial charge in [0.1, 0.15) is 5.82 Å². The van der Waals surface area contributed by atoms with E-state index in [1.165, 1.54) is 6.07 Å². The lowest BCUT2D eigenvalue weighted by molar-refractivity contribution is 0.0939. The molecule has 0 aliphatic carbocycles. The van der Waals surface area contributed by atoms with Gasteiger partial charge in [0.2, 0.25) is 0 Å². The van der Waals surface area contributed by atoms with Crippen molar-refractivity contribution < 1.29 is 14.0 Å². The third-order valence-electron chi connectivity index (χ3n) is 3.81. The second-order valence-corrected chi connectivity index (χ2v) is 6.29. The summed E-state index contributed by atoms with van der Waals surface area (Å²) in [6, 6.07) is 12.7. The predicted octanol–water partition coefficient (Wildman–Crippen LogP) is 3.53. The van der Waals surface area contributed by atoms with Crippen molar-refractivity contribution in [2.45, 2.75) is 26.8 Å². The van der Waals surface area contributed by atoms with Crippen LogP contribution >= 0.6 is 0 Å². The molecule has 0 aromatic heterocycles. The summed E-state index contributed by atoms with van der Waals surface area (Å²) < 4.78 is 13.5. The Bertz CT molecular complexity index is 727. The van der Waals surface area contributed by atoms with E-state index in [9.17, 15) is 14.0 Å². The highest BCUT2D eigenvalue weighted by Gasteiger charge is 2.10. The van der Waals surface area contributed by atoms with Crippen LogP contribution in [0.25, 0.3) is 0 Å². The highest BCUT2D eigenvalue weighted by atomic mass is 19.1. The number of rotatable bonds is 7. The molecule has 0 aliphatic rings. The quantitative estimate of drug-likeness (QED) is 0.809. The average Bonchev–Trinajstić information content (AvgIpc) is 2.60. The average molecular weight is 342 g/mol. The van der Waals surface area contributed by atoms with E-state index >= 15 is 0 Å². The van der Waals surface area contributed by atoms with Crippen LogP contribution in [-0.2, 0) is 6.54 Å². The monoisotopic (exact) mass is 342 g/mol. The van der Waals surface area contributed by atoms with E-state index in [2.05, 4.69) is 24.5 Å². The molecule has 0 bridgehead atoms. The van der Waals surface area contributed by atoms with E-state index in [1.54, 1.807) is 42.5 Å². The van der Waals surface area contributed by atoms with Crippen molar-refractivity contribution in [3.63, 3.8) is 0 Å². The Labute approximate surface area is 147 Å². The predicted molar refractivity (Wildman–Crippen MR) is 95.8 cm³/mol. The largest absolute Gasteiger partial charge is 0.352 e. The molecular weight excluding hydrogens is 319 g/mol. The molecule has 2 aromatic carbocycles. The number of hydrogen-bond donors (Lipinski definition) is 2. The Morgan fingerprint density at radius 1 is 0.920 bits per heavy atom. The maximum Gasteiger partial charge on any atom is 0.251 e. The van der Waals surface area contributed by atoms with Crippen LogP contribution in [0.4, 0.5) is 4.39 Å². The first-order valence-electron chi connectivity index (χ1n) is 8.37. The topological polar surface area (TPSA) is 58.2 Å². The summed E-state index contributed by atoms with van der Waals surface area (Å²) in [6.45, 7) is 4.94. The number of hydrogen-bond acceptors (Lipinski definition) is 2. The zero-order chi connectivity index (χ0) is 18.2. The van der Waals surface area contributed by atoms with Crippen LogP contribution in [0.3, 0.4) is 0 Å². The van der Waals surface area contributed by atoms with Gasteiger partial charge in [-0.2, -0.15) is 0 Å². The molecule has 2 rings (SSSR count). The lowest BCUT2D eigenvalue weighted by atomic mass is 10.1. The SMILES string of the molecule is CC(C)CCNC(=O)c1ccc(C(=O)NCc2ccccc2F)cc1. The Hall–Kier alpha value is -2.69. The van der Waals surface area contributed by atoms with Crippen molar-refractivity contribution in [1.82, 2.24) is 10.6 Å². The molecule has 0 aliphatic heterocycles. The summed E-state index contributed by atoms with van der Waals surface area (Å²) in [7, 11) is 0. The van der Waals surface area contributed by atoms with Crippen molar-refractivity contribution in [2.75, 3.05) is 6.54 Å². The first-order chi connectivity index (χ1) is 12.0. The maximum atomic E-state index is 13.5. The van der Waals surface area contributed by atoms with E-state index < -0.39 is 0 Å². The van der Waals surface area contributed by atoms with Crippen molar-refractivity contribution in [2.24, 2.45) is 5.92 Å². The lowest BCUT2D eigenvalue weighted by Crippen LogP contribution is -2.26. The van der Waals surface area contributed by atoms with Crippen molar-refractivity contribution in [3.8, 4) is 0 Å². The van der Waals surface area contributed by atoms with Crippen LogP contribution in [0.2, 0.25) is 0 Å². The van der Waals surface area contributed by atoms with Crippen LogP contribution < -0.4 is 10.6 Å². The molecule has 4 nitrogen and oxygen atoms in total. The molecule has 2 amide bonds. The van der Waals surface area contributed by atoms with E-state index in [1.807, 2.05) is 0 Å². The molecule has 2 N–H and O–H groups in total. The third kappa shape index (κ3) is 5.71. The van der Waals surface area contributed by atoms with Crippen LogP contribution in [-0.4, -0.2) is 18.4 Å². The minimum absolute atomic E-state index is 0.114. The molecule has 0 radical (unpaired) electrons. The first-order valence-corrected chi connectivity index (χ1v) is 8.37.